The molecule has 0 radical (unpaired) electrons. The summed E-state index contributed by atoms with van der Waals surface area (Å²) in [6.45, 7) is 7.39. The number of amides is 2. The third-order valence-electron chi connectivity index (χ3n) is 7.46. The maximum atomic E-state index is 14.1. The van der Waals surface area contributed by atoms with E-state index in [-0.39, 0.29) is 18.5 Å². The fraction of sp³-hybridized carbons (Fsp3) is 0.533. The number of hydrogen-bond donors (Lipinski definition) is 1. The van der Waals surface area contributed by atoms with Gasteiger partial charge in [-0.15, -0.1) is 0 Å². The fourth-order valence-corrected chi connectivity index (χ4v) is 6.16. The van der Waals surface area contributed by atoms with Crippen LogP contribution in [0.3, 0.4) is 0 Å². The summed E-state index contributed by atoms with van der Waals surface area (Å²) in [6.07, 6.45) is 5.64. The third-order valence-corrected chi connectivity index (χ3v) is 9.27. The van der Waals surface area contributed by atoms with E-state index in [1.165, 1.54) is 20.5 Å². The van der Waals surface area contributed by atoms with Gasteiger partial charge in [-0.3, -0.25) is 9.59 Å². The van der Waals surface area contributed by atoms with Crippen LogP contribution < -0.4 is 9.62 Å². The summed E-state index contributed by atoms with van der Waals surface area (Å²) in [5.41, 5.74) is 4.05. The van der Waals surface area contributed by atoms with Gasteiger partial charge in [-0.2, -0.15) is 12.7 Å². The molecule has 1 unspecified atom stereocenters. The first kappa shape index (κ1) is 30.6. The van der Waals surface area contributed by atoms with Crippen molar-refractivity contribution in [2.75, 3.05) is 24.9 Å². The zero-order valence-electron chi connectivity index (χ0n) is 24.2. The van der Waals surface area contributed by atoms with Crippen molar-refractivity contribution >= 4 is 27.7 Å². The minimum absolute atomic E-state index is 0.109. The van der Waals surface area contributed by atoms with Gasteiger partial charge in [0.2, 0.25) is 11.8 Å². The van der Waals surface area contributed by atoms with Crippen LogP contribution in [0.25, 0.3) is 0 Å². The van der Waals surface area contributed by atoms with Crippen molar-refractivity contribution in [2.24, 2.45) is 0 Å². The minimum Gasteiger partial charge on any atom is -0.352 e. The predicted octanol–water partition coefficient (Wildman–Crippen LogP) is 4.48. The third kappa shape index (κ3) is 7.82. The van der Waals surface area contributed by atoms with Crippen LogP contribution in [-0.4, -0.2) is 62.2 Å². The van der Waals surface area contributed by atoms with Crippen LogP contribution in [-0.2, 0) is 26.3 Å². The molecular formula is C30H44N4O4S. The molecule has 1 atom stereocenters. The van der Waals surface area contributed by atoms with Crippen LogP contribution in [0.4, 0.5) is 5.69 Å². The van der Waals surface area contributed by atoms with Gasteiger partial charge in [-0.25, -0.2) is 4.31 Å². The predicted molar refractivity (Wildman–Crippen MR) is 157 cm³/mol. The van der Waals surface area contributed by atoms with E-state index < -0.39 is 28.7 Å². The Balaban J connectivity index is 1.99. The van der Waals surface area contributed by atoms with Crippen molar-refractivity contribution in [1.29, 1.82) is 0 Å². The lowest BCUT2D eigenvalue weighted by atomic mass is 9.95. The van der Waals surface area contributed by atoms with E-state index in [1.54, 1.807) is 11.0 Å². The smallest absolute Gasteiger partial charge is 0.304 e. The molecule has 0 aromatic heterocycles. The SMILES string of the molecule is CCC(C(=O)NC1CCCCC1)N(Cc1ccc(C)cc1)C(=O)CN(c1cc(C)ccc1C)S(=O)(=O)N(C)C. The normalized spacial score (nSPS) is 15.2. The number of benzene rings is 2. The molecule has 1 N–H and O–H groups in total. The molecule has 0 bridgehead atoms. The first-order chi connectivity index (χ1) is 18.4. The van der Waals surface area contributed by atoms with Crippen molar-refractivity contribution in [3.8, 4) is 0 Å². The molecule has 2 aromatic carbocycles. The van der Waals surface area contributed by atoms with Gasteiger partial charge in [0.25, 0.3) is 0 Å². The summed E-state index contributed by atoms with van der Waals surface area (Å²) < 4.78 is 29.2. The number of anilines is 1. The van der Waals surface area contributed by atoms with Gasteiger partial charge in [0.1, 0.15) is 12.6 Å². The van der Waals surface area contributed by atoms with E-state index in [1.807, 2.05) is 64.1 Å². The summed E-state index contributed by atoms with van der Waals surface area (Å²) in [7, 11) is -1.09. The molecule has 2 aromatic rings. The van der Waals surface area contributed by atoms with Crippen LogP contribution in [0.2, 0.25) is 0 Å². The maximum absolute atomic E-state index is 14.1. The molecule has 0 aliphatic heterocycles. The summed E-state index contributed by atoms with van der Waals surface area (Å²) in [5, 5.41) is 3.18. The number of aryl methyl sites for hydroxylation is 3. The lowest BCUT2D eigenvalue weighted by molar-refractivity contribution is -0.140. The Morgan fingerprint density at radius 2 is 1.56 bits per heavy atom. The number of carbonyl (C=O) groups excluding carboxylic acids is 2. The van der Waals surface area contributed by atoms with Crippen molar-refractivity contribution in [3.63, 3.8) is 0 Å². The Labute approximate surface area is 234 Å². The lowest BCUT2D eigenvalue weighted by Gasteiger charge is -2.35. The highest BCUT2D eigenvalue weighted by molar-refractivity contribution is 7.90. The molecule has 9 heteroatoms. The molecule has 39 heavy (non-hydrogen) atoms. The zero-order valence-corrected chi connectivity index (χ0v) is 25.1. The van der Waals surface area contributed by atoms with Crippen molar-refractivity contribution in [2.45, 2.75) is 84.8 Å². The molecule has 3 rings (SSSR count). The van der Waals surface area contributed by atoms with E-state index in [4.69, 9.17) is 0 Å². The largest absolute Gasteiger partial charge is 0.352 e. The molecule has 8 nitrogen and oxygen atoms in total. The molecule has 1 aliphatic rings. The van der Waals surface area contributed by atoms with Gasteiger partial charge in [0, 0.05) is 26.7 Å². The second-order valence-electron chi connectivity index (χ2n) is 10.9. The highest BCUT2D eigenvalue weighted by Crippen LogP contribution is 2.26. The highest BCUT2D eigenvalue weighted by Gasteiger charge is 2.35. The first-order valence-corrected chi connectivity index (χ1v) is 15.3. The Morgan fingerprint density at radius 3 is 2.15 bits per heavy atom. The molecular weight excluding hydrogens is 512 g/mol. The van der Waals surface area contributed by atoms with Gasteiger partial charge in [0.05, 0.1) is 5.69 Å². The molecule has 0 heterocycles. The van der Waals surface area contributed by atoms with Crippen molar-refractivity contribution in [3.05, 3.63) is 64.7 Å². The molecule has 2 amide bonds. The van der Waals surface area contributed by atoms with Crippen LogP contribution in [0, 0.1) is 20.8 Å². The molecule has 0 saturated heterocycles. The molecule has 0 spiro atoms. The van der Waals surface area contributed by atoms with Crippen molar-refractivity contribution in [1.82, 2.24) is 14.5 Å². The molecule has 214 valence electrons. The first-order valence-electron chi connectivity index (χ1n) is 13.9. The number of nitrogens with one attached hydrogen (secondary N) is 1. The number of nitrogens with zero attached hydrogens (tertiary/aromatic N) is 3. The lowest BCUT2D eigenvalue weighted by Crippen LogP contribution is -2.54. The van der Waals surface area contributed by atoms with Crippen LogP contribution in [0.5, 0.6) is 0 Å². The second-order valence-corrected chi connectivity index (χ2v) is 12.9. The fourth-order valence-electron chi connectivity index (χ4n) is 5.04. The van der Waals surface area contributed by atoms with Gasteiger partial charge in [-0.05, 0) is 62.8 Å². The standard InChI is InChI=1S/C30H44N4O4S/c1-7-27(30(36)31-26-11-9-8-10-12-26)33(20-25-17-14-22(2)15-18-25)29(35)21-34(39(37,38)32(5)6)28-19-23(3)13-16-24(28)4/h13-19,26-27H,7-12,20-21H2,1-6H3,(H,31,36). The quantitative estimate of drug-likeness (QED) is 0.442. The average Bonchev–Trinajstić information content (AvgIpc) is 2.90. The Bertz CT molecular complexity index is 1240. The van der Waals surface area contributed by atoms with E-state index in [2.05, 4.69) is 5.32 Å². The van der Waals surface area contributed by atoms with Gasteiger partial charge in [-0.1, -0.05) is 68.1 Å². The number of hydrogen-bond acceptors (Lipinski definition) is 4. The van der Waals surface area contributed by atoms with E-state index >= 15 is 0 Å². The van der Waals surface area contributed by atoms with Crippen LogP contribution >= 0.6 is 0 Å². The van der Waals surface area contributed by atoms with Crippen LogP contribution in [0.1, 0.15) is 67.7 Å². The summed E-state index contributed by atoms with van der Waals surface area (Å²) in [4.78, 5) is 29.2. The van der Waals surface area contributed by atoms with E-state index in [0.29, 0.717) is 12.1 Å². The monoisotopic (exact) mass is 556 g/mol. The summed E-state index contributed by atoms with van der Waals surface area (Å²) in [6, 6.07) is 12.8. The van der Waals surface area contributed by atoms with Crippen molar-refractivity contribution < 1.29 is 18.0 Å². The Morgan fingerprint density at radius 1 is 0.949 bits per heavy atom. The van der Waals surface area contributed by atoms with Crippen LogP contribution in [0.15, 0.2) is 42.5 Å². The maximum Gasteiger partial charge on any atom is 0.304 e. The highest BCUT2D eigenvalue weighted by atomic mass is 32.2. The molecule has 1 fully saturated rings. The van der Waals surface area contributed by atoms with E-state index in [0.717, 1.165) is 56.5 Å². The van der Waals surface area contributed by atoms with Gasteiger partial charge in [0.15, 0.2) is 0 Å². The van der Waals surface area contributed by atoms with Gasteiger partial charge < -0.3 is 10.2 Å². The summed E-state index contributed by atoms with van der Waals surface area (Å²) >= 11 is 0. The topological polar surface area (TPSA) is 90.0 Å². The zero-order chi connectivity index (χ0) is 28.7. The number of rotatable bonds is 11. The minimum atomic E-state index is -4.00. The summed E-state index contributed by atoms with van der Waals surface area (Å²) in [5.74, 6) is -0.605. The average molecular weight is 557 g/mol. The molecule has 1 saturated carbocycles. The van der Waals surface area contributed by atoms with Gasteiger partial charge >= 0.3 is 10.2 Å². The second kappa shape index (κ2) is 13.4. The molecule has 1 aliphatic carbocycles. The number of carbonyl (C=O) groups is 2. The van der Waals surface area contributed by atoms with E-state index in [9.17, 15) is 18.0 Å². The Kier molecular flexibility index (Phi) is 10.6. The Hall–Kier alpha value is -2.91.